The molecule has 0 bridgehead atoms. The average Bonchev–Trinajstić information content (AvgIpc) is 2.63. The minimum atomic E-state index is -0.716. The number of hydrogen-bond acceptors (Lipinski definition) is 7. The monoisotopic (exact) mass is 306 g/mol. The lowest BCUT2D eigenvalue weighted by atomic mass is 10.2. The number of carbonyl (C=O) groups excluding carboxylic acids is 2. The summed E-state index contributed by atoms with van der Waals surface area (Å²) in [5.74, 6) is 5.56. The SMILES string of the molecule is CCOC(=O)/C(N)=C1\CC(=O)Nc2ccc(OC)cc2N1N. The Morgan fingerprint density at radius 1 is 1.45 bits per heavy atom. The van der Waals surface area contributed by atoms with Gasteiger partial charge in [0.2, 0.25) is 5.91 Å². The first-order valence-electron chi connectivity index (χ1n) is 6.66. The van der Waals surface area contributed by atoms with Crippen LogP contribution in [0.15, 0.2) is 29.6 Å². The van der Waals surface area contributed by atoms with Crippen molar-refractivity contribution < 1.29 is 19.1 Å². The largest absolute Gasteiger partial charge is 0.497 e. The lowest BCUT2D eigenvalue weighted by molar-refractivity contribution is -0.138. The fourth-order valence-electron chi connectivity index (χ4n) is 2.07. The number of benzene rings is 1. The molecule has 0 saturated carbocycles. The summed E-state index contributed by atoms with van der Waals surface area (Å²) in [6.07, 6.45) is -0.141. The number of anilines is 2. The maximum absolute atomic E-state index is 12.0. The second-order valence-corrected chi connectivity index (χ2v) is 4.56. The van der Waals surface area contributed by atoms with Gasteiger partial charge in [-0.05, 0) is 19.1 Å². The van der Waals surface area contributed by atoms with E-state index in [2.05, 4.69) is 5.32 Å². The van der Waals surface area contributed by atoms with Crippen LogP contribution in [0.3, 0.4) is 0 Å². The number of ether oxygens (including phenoxy) is 2. The van der Waals surface area contributed by atoms with Crippen molar-refractivity contribution in [1.82, 2.24) is 0 Å². The summed E-state index contributed by atoms with van der Waals surface area (Å²) in [6.45, 7) is 1.84. The first kappa shape index (κ1) is 15.6. The Bertz CT molecular complexity index is 642. The number of esters is 1. The molecule has 0 spiro atoms. The lowest BCUT2D eigenvalue weighted by Crippen LogP contribution is -2.34. The Morgan fingerprint density at radius 2 is 2.18 bits per heavy atom. The molecular formula is C14H18N4O4. The minimum Gasteiger partial charge on any atom is -0.497 e. The number of carbonyl (C=O) groups is 2. The average molecular weight is 306 g/mol. The first-order valence-corrected chi connectivity index (χ1v) is 6.66. The van der Waals surface area contributed by atoms with Gasteiger partial charge in [-0.2, -0.15) is 0 Å². The van der Waals surface area contributed by atoms with Gasteiger partial charge in [0.15, 0.2) is 0 Å². The molecule has 1 aliphatic heterocycles. The number of rotatable bonds is 3. The molecule has 0 unspecified atom stereocenters. The van der Waals surface area contributed by atoms with Crippen molar-refractivity contribution in [3.63, 3.8) is 0 Å². The molecule has 8 heteroatoms. The van der Waals surface area contributed by atoms with E-state index in [0.29, 0.717) is 17.1 Å². The molecule has 118 valence electrons. The summed E-state index contributed by atoms with van der Waals surface area (Å²) in [5, 5.41) is 3.90. The highest BCUT2D eigenvalue weighted by Gasteiger charge is 2.26. The Hall–Kier alpha value is -2.74. The highest BCUT2D eigenvalue weighted by molar-refractivity contribution is 6.00. The molecule has 0 atom stereocenters. The fourth-order valence-corrected chi connectivity index (χ4v) is 2.07. The fraction of sp³-hybridized carbons (Fsp3) is 0.286. The standard InChI is InChI=1S/C14H18N4O4/c1-3-22-14(20)13(15)11-7-12(19)17-9-5-4-8(21-2)6-10(9)18(11)16/h4-6H,3,7,15-16H2,1-2H3,(H,17,19)/b13-11-. The van der Waals surface area contributed by atoms with Crippen molar-refractivity contribution >= 4 is 23.3 Å². The highest BCUT2D eigenvalue weighted by atomic mass is 16.5. The van der Waals surface area contributed by atoms with E-state index in [1.165, 1.54) is 12.1 Å². The summed E-state index contributed by atoms with van der Waals surface area (Å²) in [6, 6.07) is 4.99. The van der Waals surface area contributed by atoms with Crippen LogP contribution in [0, 0.1) is 0 Å². The predicted octanol–water partition coefficient (Wildman–Crippen LogP) is 0.451. The van der Waals surface area contributed by atoms with Gasteiger partial charge in [0.05, 0.1) is 37.2 Å². The zero-order valence-electron chi connectivity index (χ0n) is 12.4. The summed E-state index contributed by atoms with van der Waals surface area (Å²) >= 11 is 0. The third-order valence-electron chi connectivity index (χ3n) is 3.16. The highest BCUT2D eigenvalue weighted by Crippen LogP contribution is 2.34. The van der Waals surface area contributed by atoms with Gasteiger partial charge >= 0.3 is 5.97 Å². The van der Waals surface area contributed by atoms with Crippen LogP contribution in [-0.4, -0.2) is 25.6 Å². The number of nitrogens with one attached hydrogen (secondary N) is 1. The molecule has 0 saturated heterocycles. The molecule has 1 heterocycles. The van der Waals surface area contributed by atoms with Crippen LogP contribution >= 0.6 is 0 Å². The van der Waals surface area contributed by atoms with E-state index in [1.54, 1.807) is 25.1 Å². The summed E-state index contributed by atoms with van der Waals surface area (Å²) in [5.41, 5.74) is 6.74. The van der Waals surface area contributed by atoms with Crippen LogP contribution in [0.4, 0.5) is 11.4 Å². The molecule has 0 fully saturated rings. The second kappa shape index (κ2) is 6.35. The molecule has 1 aromatic carbocycles. The van der Waals surface area contributed by atoms with Crippen LogP contribution in [-0.2, 0) is 14.3 Å². The van der Waals surface area contributed by atoms with Gasteiger partial charge in [0.25, 0.3) is 0 Å². The van der Waals surface area contributed by atoms with Crippen LogP contribution in [0.2, 0.25) is 0 Å². The molecule has 22 heavy (non-hydrogen) atoms. The van der Waals surface area contributed by atoms with Gasteiger partial charge in [-0.25, -0.2) is 10.6 Å². The van der Waals surface area contributed by atoms with Crippen molar-refractivity contribution in [2.75, 3.05) is 24.0 Å². The number of fused-ring (bicyclic) bond motifs is 1. The molecule has 1 aliphatic rings. The Labute approximate surface area is 127 Å². The molecule has 8 nitrogen and oxygen atoms in total. The number of amides is 1. The zero-order valence-corrected chi connectivity index (χ0v) is 12.4. The van der Waals surface area contributed by atoms with Gasteiger partial charge in [0, 0.05) is 6.07 Å². The van der Waals surface area contributed by atoms with Crippen LogP contribution in [0.1, 0.15) is 13.3 Å². The van der Waals surface area contributed by atoms with Crippen molar-refractivity contribution in [3.05, 3.63) is 29.6 Å². The number of hydrazine groups is 1. The van der Waals surface area contributed by atoms with Gasteiger partial charge < -0.3 is 20.5 Å². The smallest absolute Gasteiger partial charge is 0.356 e. The van der Waals surface area contributed by atoms with Crippen molar-refractivity contribution in [2.24, 2.45) is 11.6 Å². The van der Waals surface area contributed by atoms with Crippen LogP contribution < -0.4 is 26.6 Å². The molecule has 1 aromatic rings. The molecule has 0 aromatic heterocycles. The molecule has 5 N–H and O–H groups in total. The molecular weight excluding hydrogens is 288 g/mol. The number of nitrogens with two attached hydrogens (primary N) is 2. The normalized spacial score (nSPS) is 16.3. The van der Waals surface area contributed by atoms with Gasteiger partial charge in [-0.3, -0.25) is 9.80 Å². The summed E-state index contributed by atoms with van der Waals surface area (Å²) in [4.78, 5) is 23.8. The van der Waals surface area contributed by atoms with E-state index in [9.17, 15) is 9.59 Å². The van der Waals surface area contributed by atoms with Crippen molar-refractivity contribution in [3.8, 4) is 5.75 Å². The van der Waals surface area contributed by atoms with Crippen molar-refractivity contribution in [1.29, 1.82) is 0 Å². The van der Waals surface area contributed by atoms with E-state index >= 15 is 0 Å². The van der Waals surface area contributed by atoms with E-state index in [4.69, 9.17) is 21.1 Å². The molecule has 0 aliphatic carbocycles. The maximum atomic E-state index is 12.0. The van der Waals surface area contributed by atoms with Gasteiger partial charge in [-0.1, -0.05) is 0 Å². The zero-order chi connectivity index (χ0) is 16.3. The van der Waals surface area contributed by atoms with E-state index < -0.39 is 5.97 Å². The quantitative estimate of drug-likeness (QED) is 0.421. The van der Waals surface area contributed by atoms with Crippen LogP contribution in [0.5, 0.6) is 5.75 Å². The minimum absolute atomic E-state index is 0.141. The number of nitrogens with zero attached hydrogens (tertiary/aromatic N) is 1. The Kier molecular flexibility index (Phi) is 4.52. The third kappa shape index (κ3) is 2.96. The summed E-state index contributed by atoms with van der Waals surface area (Å²) in [7, 11) is 1.52. The Morgan fingerprint density at radius 3 is 2.82 bits per heavy atom. The number of hydrogen-bond donors (Lipinski definition) is 3. The van der Waals surface area contributed by atoms with E-state index in [-0.39, 0.29) is 30.3 Å². The second-order valence-electron chi connectivity index (χ2n) is 4.56. The Balaban J connectivity index is 2.51. The van der Waals surface area contributed by atoms with Gasteiger partial charge in [0.1, 0.15) is 11.4 Å². The van der Waals surface area contributed by atoms with Crippen molar-refractivity contribution in [2.45, 2.75) is 13.3 Å². The topological polar surface area (TPSA) is 120 Å². The van der Waals surface area contributed by atoms with E-state index in [0.717, 1.165) is 0 Å². The molecule has 2 rings (SSSR count). The predicted molar refractivity (Wildman–Crippen MR) is 80.8 cm³/mol. The van der Waals surface area contributed by atoms with Gasteiger partial charge in [-0.15, -0.1) is 0 Å². The number of methoxy groups -OCH3 is 1. The molecule has 0 radical (unpaired) electrons. The summed E-state index contributed by atoms with van der Waals surface area (Å²) < 4.78 is 10.00. The van der Waals surface area contributed by atoms with Crippen LogP contribution in [0.25, 0.3) is 0 Å². The first-order chi connectivity index (χ1) is 10.5. The van der Waals surface area contributed by atoms with E-state index in [1.807, 2.05) is 0 Å². The molecule has 1 amide bonds. The maximum Gasteiger partial charge on any atom is 0.356 e. The third-order valence-corrected chi connectivity index (χ3v) is 3.16. The lowest BCUT2D eigenvalue weighted by Gasteiger charge is -2.22.